The SMILES string of the molecule is O=C1CC(CCl)OC=C1O. The van der Waals surface area contributed by atoms with Gasteiger partial charge in [0, 0.05) is 0 Å². The van der Waals surface area contributed by atoms with Crippen molar-refractivity contribution < 1.29 is 14.6 Å². The summed E-state index contributed by atoms with van der Waals surface area (Å²) in [4.78, 5) is 10.7. The van der Waals surface area contributed by atoms with E-state index in [4.69, 9.17) is 21.4 Å². The molecule has 3 nitrogen and oxygen atoms in total. The first-order valence-corrected chi connectivity index (χ1v) is 3.41. The molecule has 1 heterocycles. The molecule has 0 spiro atoms. The van der Waals surface area contributed by atoms with Gasteiger partial charge in [0.05, 0.1) is 12.3 Å². The Balaban J connectivity index is 2.59. The van der Waals surface area contributed by atoms with Crippen LogP contribution in [0.4, 0.5) is 0 Å². The highest BCUT2D eigenvalue weighted by molar-refractivity contribution is 6.18. The zero-order valence-corrected chi connectivity index (χ0v) is 5.97. The molecule has 0 saturated carbocycles. The van der Waals surface area contributed by atoms with Crippen LogP contribution in [-0.4, -0.2) is 22.9 Å². The number of aliphatic hydroxyl groups is 1. The summed E-state index contributed by atoms with van der Waals surface area (Å²) < 4.78 is 4.84. The van der Waals surface area contributed by atoms with Crippen molar-refractivity contribution >= 4 is 17.4 Å². The molecular weight excluding hydrogens is 156 g/mol. The Morgan fingerprint density at radius 1 is 1.90 bits per heavy atom. The van der Waals surface area contributed by atoms with Crippen LogP contribution in [0.15, 0.2) is 12.0 Å². The van der Waals surface area contributed by atoms with E-state index in [1.807, 2.05) is 0 Å². The summed E-state index contributed by atoms with van der Waals surface area (Å²) in [6.45, 7) is 0. The van der Waals surface area contributed by atoms with E-state index in [0.717, 1.165) is 6.26 Å². The van der Waals surface area contributed by atoms with Crippen LogP contribution in [0.3, 0.4) is 0 Å². The molecule has 1 N–H and O–H groups in total. The zero-order chi connectivity index (χ0) is 7.56. The minimum atomic E-state index is -0.318. The van der Waals surface area contributed by atoms with Gasteiger partial charge in [0.2, 0.25) is 5.78 Å². The molecule has 0 aromatic heterocycles. The number of allylic oxidation sites excluding steroid dienone is 1. The monoisotopic (exact) mass is 162 g/mol. The Morgan fingerprint density at radius 3 is 3.10 bits per heavy atom. The normalized spacial score (nSPS) is 25.5. The molecule has 0 saturated heterocycles. The first-order chi connectivity index (χ1) is 4.74. The molecule has 0 bridgehead atoms. The first-order valence-electron chi connectivity index (χ1n) is 2.88. The van der Waals surface area contributed by atoms with Gasteiger partial charge in [0.15, 0.2) is 5.76 Å². The summed E-state index contributed by atoms with van der Waals surface area (Å²) >= 11 is 5.41. The molecule has 0 fully saturated rings. The topological polar surface area (TPSA) is 46.5 Å². The highest BCUT2D eigenvalue weighted by Crippen LogP contribution is 2.12. The van der Waals surface area contributed by atoms with E-state index < -0.39 is 0 Å². The van der Waals surface area contributed by atoms with Crippen molar-refractivity contribution in [2.45, 2.75) is 12.5 Å². The molecule has 0 aliphatic carbocycles. The van der Waals surface area contributed by atoms with Gasteiger partial charge in [-0.3, -0.25) is 4.79 Å². The summed E-state index contributed by atoms with van der Waals surface area (Å²) in [5.41, 5.74) is 0. The van der Waals surface area contributed by atoms with Gasteiger partial charge in [-0.05, 0) is 0 Å². The molecule has 0 aromatic rings. The van der Waals surface area contributed by atoms with E-state index in [9.17, 15) is 4.79 Å². The fourth-order valence-corrected chi connectivity index (χ4v) is 0.859. The molecule has 0 radical (unpaired) electrons. The van der Waals surface area contributed by atoms with Crippen molar-refractivity contribution in [1.82, 2.24) is 0 Å². The lowest BCUT2D eigenvalue weighted by molar-refractivity contribution is -0.121. The summed E-state index contributed by atoms with van der Waals surface area (Å²) in [5.74, 6) is -0.353. The molecule has 0 amide bonds. The van der Waals surface area contributed by atoms with E-state index in [-0.39, 0.29) is 29.9 Å². The lowest BCUT2D eigenvalue weighted by atomic mass is 10.1. The third-order valence-corrected chi connectivity index (χ3v) is 1.59. The highest BCUT2D eigenvalue weighted by Gasteiger charge is 2.21. The number of alkyl halides is 1. The molecule has 1 rings (SSSR count). The van der Waals surface area contributed by atoms with Gasteiger partial charge in [-0.2, -0.15) is 0 Å². The number of ether oxygens (including phenoxy) is 1. The average Bonchev–Trinajstić information content (AvgIpc) is 1.95. The molecular formula is C6H7ClO3. The van der Waals surface area contributed by atoms with Crippen LogP contribution in [0.25, 0.3) is 0 Å². The Kier molecular flexibility index (Phi) is 2.17. The van der Waals surface area contributed by atoms with Crippen molar-refractivity contribution in [1.29, 1.82) is 0 Å². The van der Waals surface area contributed by atoms with Crippen molar-refractivity contribution in [2.24, 2.45) is 0 Å². The molecule has 1 unspecified atom stereocenters. The fourth-order valence-electron chi connectivity index (χ4n) is 0.677. The molecule has 1 aliphatic rings. The van der Waals surface area contributed by atoms with E-state index in [1.54, 1.807) is 0 Å². The lowest BCUT2D eigenvalue weighted by Crippen LogP contribution is -2.23. The number of hydrogen-bond acceptors (Lipinski definition) is 3. The molecule has 4 heteroatoms. The summed E-state index contributed by atoms with van der Waals surface area (Å²) in [6.07, 6.45) is 0.940. The van der Waals surface area contributed by atoms with Crippen molar-refractivity contribution in [3.05, 3.63) is 12.0 Å². The fraction of sp³-hybridized carbons (Fsp3) is 0.500. The third kappa shape index (κ3) is 1.42. The average molecular weight is 163 g/mol. The highest BCUT2D eigenvalue weighted by atomic mass is 35.5. The number of Topliss-reactive ketones (excluding diaryl/α,β-unsaturated/α-hetero) is 1. The Bertz CT molecular complexity index is 176. The lowest BCUT2D eigenvalue weighted by Gasteiger charge is -2.16. The molecule has 0 aromatic carbocycles. The number of hydrogen-bond donors (Lipinski definition) is 1. The maximum absolute atomic E-state index is 10.7. The van der Waals surface area contributed by atoms with Crippen LogP contribution in [0, 0.1) is 0 Å². The van der Waals surface area contributed by atoms with Crippen LogP contribution in [0.2, 0.25) is 0 Å². The minimum absolute atomic E-state index is 0.172. The van der Waals surface area contributed by atoms with Gasteiger partial charge < -0.3 is 9.84 Å². The second-order valence-electron chi connectivity index (χ2n) is 2.04. The third-order valence-electron chi connectivity index (χ3n) is 1.24. The van der Waals surface area contributed by atoms with Gasteiger partial charge in [-0.1, -0.05) is 0 Å². The second kappa shape index (κ2) is 2.92. The van der Waals surface area contributed by atoms with E-state index in [1.165, 1.54) is 0 Å². The van der Waals surface area contributed by atoms with E-state index >= 15 is 0 Å². The number of carbonyl (C=O) groups excluding carboxylic acids is 1. The number of ketones is 1. The number of aliphatic hydroxyl groups excluding tert-OH is 1. The van der Waals surface area contributed by atoms with Crippen LogP contribution in [0.1, 0.15) is 6.42 Å². The number of halogens is 1. The van der Waals surface area contributed by atoms with Crippen molar-refractivity contribution in [3.8, 4) is 0 Å². The quantitative estimate of drug-likeness (QED) is 0.585. The summed E-state index contributed by atoms with van der Waals surface area (Å²) in [5, 5.41) is 8.73. The van der Waals surface area contributed by atoms with E-state index in [2.05, 4.69) is 0 Å². The minimum Gasteiger partial charge on any atom is -0.502 e. The second-order valence-corrected chi connectivity index (χ2v) is 2.35. The molecule has 1 aliphatic heterocycles. The van der Waals surface area contributed by atoms with E-state index in [0.29, 0.717) is 0 Å². The van der Waals surface area contributed by atoms with Gasteiger partial charge in [-0.15, -0.1) is 11.6 Å². The van der Waals surface area contributed by atoms with Crippen molar-refractivity contribution in [3.63, 3.8) is 0 Å². The predicted octanol–water partition coefficient (Wildman–Crippen LogP) is 0.983. The number of carbonyl (C=O) groups is 1. The number of rotatable bonds is 1. The van der Waals surface area contributed by atoms with Gasteiger partial charge in [-0.25, -0.2) is 0 Å². The van der Waals surface area contributed by atoms with Gasteiger partial charge >= 0.3 is 0 Å². The predicted molar refractivity (Wildman–Crippen MR) is 35.9 cm³/mol. The van der Waals surface area contributed by atoms with Gasteiger partial charge in [0.1, 0.15) is 12.4 Å². The standard InChI is InChI=1S/C6H7ClO3/c7-2-4-1-5(8)6(9)3-10-4/h3-4,9H,1-2H2. The largest absolute Gasteiger partial charge is 0.502 e. The maximum Gasteiger partial charge on any atom is 0.204 e. The smallest absolute Gasteiger partial charge is 0.204 e. The molecule has 1 atom stereocenters. The zero-order valence-electron chi connectivity index (χ0n) is 5.21. The Hall–Kier alpha value is -0.700. The Labute approximate surface area is 63.2 Å². The molecule has 10 heavy (non-hydrogen) atoms. The molecule has 56 valence electrons. The van der Waals surface area contributed by atoms with Crippen LogP contribution in [-0.2, 0) is 9.53 Å². The van der Waals surface area contributed by atoms with Gasteiger partial charge in [0.25, 0.3) is 0 Å². The Morgan fingerprint density at radius 2 is 2.60 bits per heavy atom. The van der Waals surface area contributed by atoms with Crippen molar-refractivity contribution in [2.75, 3.05) is 5.88 Å². The first kappa shape index (κ1) is 7.41. The van der Waals surface area contributed by atoms with Crippen LogP contribution < -0.4 is 0 Å². The maximum atomic E-state index is 10.7. The van der Waals surface area contributed by atoms with Crippen LogP contribution in [0.5, 0.6) is 0 Å². The summed E-state index contributed by atoms with van der Waals surface area (Å²) in [7, 11) is 0. The van der Waals surface area contributed by atoms with Crippen LogP contribution >= 0.6 is 11.6 Å². The summed E-state index contributed by atoms with van der Waals surface area (Å²) in [6, 6.07) is 0.